The van der Waals surface area contributed by atoms with Crippen molar-refractivity contribution in [1.29, 1.82) is 0 Å². The third-order valence-corrected chi connectivity index (χ3v) is 9.80. The summed E-state index contributed by atoms with van der Waals surface area (Å²) >= 11 is 0. The second kappa shape index (κ2) is 14.3. The number of hydrogen-bond acceptors (Lipinski definition) is 7. The predicted molar refractivity (Wildman–Crippen MR) is 169 cm³/mol. The van der Waals surface area contributed by atoms with Gasteiger partial charge >= 0.3 is 0 Å². The number of carbonyl (C=O) groups excluding carboxylic acids is 1. The van der Waals surface area contributed by atoms with Gasteiger partial charge in [-0.3, -0.25) is 9.69 Å². The third kappa shape index (κ3) is 8.12. The molecule has 0 radical (unpaired) electrons. The van der Waals surface area contributed by atoms with Crippen molar-refractivity contribution in [2.45, 2.75) is 43.2 Å². The minimum absolute atomic E-state index is 0.120. The van der Waals surface area contributed by atoms with Crippen LogP contribution in [0.2, 0.25) is 0 Å². The van der Waals surface area contributed by atoms with Gasteiger partial charge in [-0.15, -0.1) is 0 Å². The van der Waals surface area contributed by atoms with Crippen LogP contribution >= 0.6 is 0 Å². The molecule has 0 aliphatic carbocycles. The molecule has 2 aliphatic rings. The maximum absolute atomic E-state index is 13.3. The molecule has 43 heavy (non-hydrogen) atoms. The van der Waals surface area contributed by atoms with Gasteiger partial charge in [0.25, 0.3) is 5.91 Å². The SMILES string of the molecule is COCCCOc1ccc(-c2ccc3c(c2)C=C(C(=O)Nc2ccc(CN(C)C4CCOCC4)cc2)CCS3(=O)=O)cc1. The summed E-state index contributed by atoms with van der Waals surface area (Å²) in [5.74, 6) is 0.344. The zero-order valence-electron chi connectivity index (χ0n) is 24.9. The number of sulfone groups is 1. The van der Waals surface area contributed by atoms with E-state index in [-0.39, 0.29) is 23.0 Å². The van der Waals surface area contributed by atoms with E-state index in [4.69, 9.17) is 14.2 Å². The van der Waals surface area contributed by atoms with Crippen LogP contribution in [0, 0.1) is 0 Å². The first-order valence-corrected chi connectivity index (χ1v) is 16.5. The minimum Gasteiger partial charge on any atom is -0.494 e. The molecule has 228 valence electrons. The molecule has 0 aromatic heterocycles. The lowest BCUT2D eigenvalue weighted by molar-refractivity contribution is -0.112. The molecule has 2 aliphatic heterocycles. The molecule has 0 unspecified atom stereocenters. The Labute approximate surface area is 254 Å². The zero-order valence-corrected chi connectivity index (χ0v) is 25.7. The van der Waals surface area contributed by atoms with Gasteiger partial charge in [-0.05, 0) is 91.0 Å². The van der Waals surface area contributed by atoms with Crippen LogP contribution in [0.1, 0.15) is 36.8 Å². The van der Waals surface area contributed by atoms with E-state index >= 15 is 0 Å². The molecular formula is C34H40N2O6S. The first-order chi connectivity index (χ1) is 20.8. The number of methoxy groups -OCH3 is 1. The number of ether oxygens (including phenoxy) is 3. The van der Waals surface area contributed by atoms with Crippen LogP contribution in [-0.2, 0) is 30.7 Å². The van der Waals surface area contributed by atoms with E-state index in [1.807, 2.05) is 60.7 Å². The van der Waals surface area contributed by atoms with E-state index in [1.165, 1.54) is 5.56 Å². The fourth-order valence-electron chi connectivity index (χ4n) is 5.50. The van der Waals surface area contributed by atoms with Crippen LogP contribution in [0.3, 0.4) is 0 Å². The van der Waals surface area contributed by atoms with Crippen LogP contribution in [0.5, 0.6) is 5.75 Å². The maximum Gasteiger partial charge on any atom is 0.251 e. The van der Waals surface area contributed by atoms with Crippen LogP contribution < -0.4 is 10.1 Å². The molecule has 3 aromatic carbocycles. The van der Waals surface area contributed by atoms with Gasteiger partial charge in [-0.1, -0.05) is 30.3 Å². The average Bonchev–Trinajstić information content (AvgIpc) is 3.16. The topological polar surface area (TPSA) is 94.2 Å². The molecule has 1 saturated heterocycles. The summed E-state index contributed by atoms with van der Waals surface area (Å²) in [7, 11) is 0.261. The smallest absolute Gasteiger partial charge is 0.251 e. The van der Waals surface area contributed by atoms with Crippen molar-refractivity contribution in [2.75, 3.05) is 51.7 Å². The highest BCUT2D eigenvalue weighted by molar-refractivity contribution is 7.91. The Hall–Kier alpha value is -3.50. The Morgan fingerprint density at radius 1 is 0.977 bits per heavy atom. The first kappa shape index (κ1) is 30.9. The minimum atomic E-state index is -3.54. The van der Waals surface area contributed by atoms with Gasteiger partial charge in [0.1, 0.15) is 5.75 Å². The monoisotopic (exact) mass is 604 g/mol. The van der Waals surface area contributed by atoms with Crippen LogP contribution in [0.4, 0.5) is 5.69 Å². The van der Waals surface area contributed by atoms with Crippen molar-refractivity contribution >= 4 is 27.5 Å². The van der Waals surface area contributed by atoms with Gasteiger partial charge in [0.05, 0.1) is 17.3 Å². The van der Waals surface area contributed by atoms with Crippen LogP contribution in [0.25, 0.3) is 17.2 Å². The highest BCUT2D eigenvalue weighted by atomic mass is 32.2. The lowest BCUT2D eigenvalue weighted by Gasteiger charge is -2.31. The van der Waals surface area contributed by atoms with E-state index < -0.39 is 9.84 Å². The van der Waals surface area contributed by atoms with E-state index in [2.05, 4.69) is 17.3 Å². The highest BCUT2D eigenvalue weighted by Crippen LogP contribution is 2.32. The van der Waals surface area contributed by atoms with Gasteiger partial charge in [-0.25, -0.2) is 8.42 Å². The quantitative estimate of drug-likeness (QED) is 0.286. The molecule has 0 atom stereocenters. The van der Waals surface area contributed by atoms with E-state index in [1.54, 1.807) is 19.3 Å². The molecule has 8 nitrogen and oxygen atoms in total. The largest absolute Gasteiger partial charge is 0.494 e. The van der Waals surface area contributed by atoms with Gasteiger partial charge in [0, 0.05) is 57.2 Å². The second-order valence-electron chi connectivity index (χ2n) is 11.1. The predicted octanol–water partition coefficient (Wildman–Crippen LogP) is 5.58. The van der Waals surface area contributed by atoms with Crippen molar-refractivity contribution in [1.82, 2.24) is 4.90 Å². The molecule has 0 bridgehead atoms. The molecule has 9 heteroatoms. The van der Waals surface area contributed by atoms with E-state index in [9.17, 15) is 13.2 Å². The number of benzene rings is 3. The maximum atomic E-state index is 13.3. The van der Waals surface area contributed by atoms with Crippen molar-refractivity contribution in [3.8, 4) is 16.9 Å². The van der Waals surface area contributed by atoms with E-state index in [0.29, 0.717) is 36.1 Å². The first-order valence-electron chi connectivity index (χ1n) is 14.8. The van der Waals surface area contributed by atoms with Crippen LogP contribution in [-0.4, -0.2) is 71.6 Å². The van der Waals surface area contributed by atoms with Crippen molar-refractivity contribution in [3.05, 3.63) is 83.4 Å². The van der Waals surface area contributed by atoms with Gasteiger partial charge < -0.3 is 19.5 Å². The summed E-state index contributed by atoms with van der Waals surface area (Å²) in [5, 5.41) is 2.96. The molecule has 5 rings (SSSR count). The molecule has 0 spiro atoms. The summed E-state index contributed by atoms with van der Waals surface area (Å²) in [4.78, 5) is 15.9. The zero-order chi connectivity index (χ0) is 30.2. The van der Waals surface area contributed by atoms with Crippen molar-refractivity contribution in [3.63, 3.8) is 0 Å². The number of amides is 1. The Morgan fingerprint density at radius 2 is 1.70 bits per heavy atom. The number of hydrogen-bond donors (Lipinski definition) is 1. The molecule has 2 heterocycles. The van der Waals surface area contributed by atoms with Gasteiger partial charge in [0.2, 0.25) is 0 Å². The molecule has 1 amide bonds. The van der Waals surface area contributed by atoms with Gasteiger partial charge in [0.15, 0.2) is 9.84 Å². The lowest BCUT2D eigenvalue weighted by Crippen LogP contribution is -2.36. The molecule has 3 aromatic rings. The number of carbonyl (C=O) groups is 1. The Morgan fingerprint density at radius 3 is 2.42 bits per heavy atom. The fourth-order valence-corrected chi connectivity index (χ4v) is 6.96. The van der Waals surface area contributed by atoms with Crippen molar-refractivity contribution < 1.29 is 27.4 Å². The summed E-state index contributed by atoms with van der Waals surface area (Å²) in [5.41, 5.74) is 4.58. The summed E-state index contributed by atoms with van der Waals surface area (Å²) in [6.07, 6.45) is 4.73. The Balaban J connectivity index is 1.28. The number of fused-ring (bicyclic) bond motifs is 1. The van der Waals surface area contributed by atoms with Crippen molar-refractivity contribution in [2.24, 2.45) is 0 Å². The number of nitrogens with zero attached hydrogens (tertiary/aromatic N) is 1. The number of anilines is 1. The highest BCUT2D eigenvalue weighted by Gasteiger charge is 2.25. The normalized spacial score (nSPS) is 16.7. The summed E-state index contributed by atoms with van der Waals surface area (Å²) < 4.78 is 42.5. The summed E-state index contributed by atoms with van der Waals surface area (Å²) in [6.45, 7) is 3.65. The number of nitrogens with one attached hydrogen (secondary N) is 1. The fraction of sp³-hybridized carbons (Fsp3) is 0.382. The van der Waals surface area contributed by atoms with Crippen LogP contribution in [0.15, 0.2) is 77.2 Å². The molecular weight excluding hydrogens is 564 g/mol. The standard InChI is InChI=1S/C34H40N2O6S/c1-36(31-14-19-41-20-15-31)24-25-4-9-30(10-5-25)35-34(37)28-16-21-43(38,39)33-13-8-27(22-29(33)23-28)26-6-11-32(12-7-26)42-18-3-17-40-2/h4-13,22-23,31H,3,14-21,24H2,1-2H3,(H,35,37). The van der Waals surface area contributed by atoms with Gasteiger partial charge in [-0.2, -0.15) is 0 Å². The molecule has 1 N–H and O–H groups in total. The molecule has 1 fully saturated rings. The molecule has 0 saturated carbocycles. The third-order valence-electron chi connectivity index (χ3n) is 8.01. The summed E-state index contributed by atoms with van der Waals surface area (Å²) in [6, 6.07) is 21.3. The Kier molecular flexibility index (Phi) is 10.3. The number of rotatable bonds is 11. The van der Waals surface area contributed by atoms with E-state index in [0.717, 1.165) is 55.9 Å². The lowest BCUT2D eigenvalue weighted by atomic mass is 10.0. The average molecular weight is 605 g/mol. The Bertz CT molecular complexity index is 1530. The second-order valence-corrected chi connectivity index (χ2v) is 13.2.